The predicted molar refractivity (Wildman–Crippen MR) is 238 cm³/mol. The molecule has 3 N–H and O–H groups in total. The van der Waals surface area contributed by atoms with E-state index in [1.165, 1.54) is 108 Å². The average molecular weight is 782 g/mol. The molecule has 3 aliphatic rings. The summed E-state index contributed by atoms with van der Waals surface area (Å²) in [5.74, 6) is -0.363. The molecule has 0 bridgehead atoms. The zero-order valence-corrected chi connectivity index (χ0v) is 39.4. The van der Waals surface area contributed by atoms with Gasteiger partial charge in [0.1, 0.15) is 0 Å². The highest BCUT2D eigenvalue weighted by atomic mass is 16.4. The minimum Gasteiger partial charge on any atom is -0.481 e. The molecule has 3 saturated heterocycles. The van der Waals surface area contributed by atoms with Crippen molar-refractivity contribution in [3.05, 3.63) is 0 Å². The number of carboxylic acid groups (broad SMARTS) is 1. The molecular weight excluding hydrogens is 685 g/mol. The Hall–Kier alpha value is -1.26. The molecule has 0 aromatic carbocycles. The monoisotopic (exact) mass is 782 g/mol. The van der Waals surface area contributed by atoms with Gasteiger partial charge in [-0.25, -0.2) is 0 Å². The van der Waals surface area contributed by atoms with Crippen molar-refractivity contribution in [2.24, 2.45) is 21.7 Å². The van der Waals surface area contributed by atoms with E-state index in [0.29, 0.717) is 16.7 Å². The van der Waals surface area contributed by atoms with Gasteiger partial charge in [-0.1, -0.05) is 121 Å². The topological polar surface area (TPSA) is 88.1 Å². The van der Waals surface area contributed by atoms with Crippen LogP contribution in [-0.4, -0.2) is 142 Å². The summed E-state index contributed by atoms with van der Waals surface area (Å²) >= 11 is 0. The molecule has 0 aliphatic carbocycles. The second-order valence-electron chi connectivity index (χ2n) is 20.5. The lowest BCUT2D eigenvalue weighted by atomic mass is 9.85. The van der Waals surface area contributed by atoms with Crippen molar-refractivity contribution in [3.8, 4) is 0 Å². The molecule has 3 fully saturated rings. The Bertz CT molecular complexity index is 990. The molecule has 0 radical (unpaired) electrons. The van der Waals surface area contributed by atoms with Crippen LogP contribution in [0.25, 0.3) is 0 Å². The molecule has 3 rings (SSSR count). The lowest BCUT2D eigenvalue weighted by Crippen LogP contribution is -2.56. The number of rotatable bonds is 18. The number of carboxylic acids is 1. The molecule has 9 nitrogen and oxygen atoms in total. The minimum atomic E-state index is -0.694. The summed E-state index contributed by atoms with van der Waals surface area (Å²) in [5.41, 5.74) is 0.307. The van der Waals surface area contributed by atoms with Crippen molar-refractivity contribution >= 4 is 11.9 Å². The number of hydrogen-bond acceptors (Lipinski definition) is 6. The number of carbonyl (C=O) groups excluding carboxylic acids is 1. The number of unbranched alkanes of at least 4 members (excludes halogenated alkanes) is 4. The summed E-state index contributed by atoms with van der Waals surface area (Å²) in [6, 6.07) is 0. The van der Waals surface area contributed by atoms with E-state index < -0.39 is 11.4 Å². The highest BCUT2D eigenvalue weighted by Gasteiger charge is 2.32. The molecular formula is C46H97N6O3+. The van der Waals surface area contributed by atoms with Crippen LogP contribution in [0.15, 0.2) is 0 Å². The Morgan fingerprint density at radius 1 is 0.545 bits per heavy atom. The second kappa shape index (κ2) is 27.4. The molecule has 328 valence electrons. The maximum absolute atomic E-state index is 12.2. The van der Waals surface area contributed by atoms with Gasteiger partial charge < -0.3 is 30.0 Å². The predicted octanol–water partition coefficient (Wildman–Crippen LogP) is 8.62. The van der Waals surface area contributed by atoms with Crippen molar-refractivity contribution in [2.45, 2.75) is 160 Å². The number of nitrogens with zero attached hydrogens (tertiary/aromatic N) is 4. The second-order valence-corrected chi connectivity index (χ2v) is 20.5. The third kappa shape index (κ3) is 25.7. The molecule has 0 saturated carbocycles. The SMILES string of the molecule is CCCCC(C)(C)C(=O)N1CCNCC1.CCCCC(C)(C)C(=O)O.CCCCC(C)(C)CN1CCNCC1.CCCCC(C)(C)CN1CC[N+](C)(C)CC1. The van der Waals surface area contributed by atoms with E-state index in [1.54, 1.807) is 13.8 Å². The first-order valence-electron chi connectivity index (χ1n) is 22.8. The van der Waals surface area contributed by atoms with Crippen LogP contribution >= 0.6 is 0 Å². The fourth-order valence-electron chi connectivity index (χ4n) is 7.50. The maximum atomic E-state index is 12.2. The number of nitrogens with one attached hydrogen (secondary N) is 2. The van der Waals surface area contributed by atoms with Crippen molar-refractivity contribution in [1.29, 1.82) is 0 Å². The standard InChI is InChI=1S/C14H31N2.C12H24N2O.C12H26N2.C8H16O2/c1-6-7-8-14(2,3)13-15-9-11-16(4,5)12-10-15;1-4-5-6-12(2,3)11(15)14-9-7-13-8-10-14;1-4-5-6-12(2,3)11-14-9-7-13-8-10-14;1-4-5-6-8(2,3)7(9)10/h6-13H2,1-5H3;13H,4-10H2,1-3H3;13H,4-11H2,1-3H3;4-6H2,1-3H3,(H,9,10)/q+1;;;. The molecule has 1 amide bonds. The van der Waals surface area contributed by atoms with Gasteiger partial charge in [0.05, 0.1) is 32.6 Å². The quantitative estimate of drug-likeness (QED) is 0.120. The van der Waals surface area contributed by atoms with Crippen LogP contribution in [0.4, 0.5) is 0 Å². The molecule has 0 aromatic rings. The third-order valence-corrected chi connectivity index (χ3v) is 11.8. The lowest BCUT2D eigenvalue weighted by Gasteiger charge is -2.41. The molecule has 0 spiro atoms. The first-order valence-corrected chi connectivity index (χ1v) is 22.8. The Labute approximate surface area is 343 Å². The zero-order chi connectivity index (χ0) is 42.2. The molecule has 55 heavy (non-hydrogen) atoms. The fraction of sp³-hybridized carbons (Fsp3) is 0.957. The van der Waals surface area contributed by atoms with Crippen LogP contribution in [0.3, 0.4) is 0 Å². The van der Waals surface area contributed by atoms with Crippen molar-refractivity contribution in [2.75, 3.05) is 106 Å². The number of likely N-dealkylation sites (N-methyl/N-ethyl adjacent to an activating group) is 1. The largest absolute Gasteiger partial charge is 0.481 e. The highest BCUT2D eigenvalue weighted by Crippen LogP contribution is 2.28. The van der Waals surface area contributed by atoms with Crippen LogP contribution < -0.4 is 10.6 Å². The first-order chi connectivity index (χ1) is 25.6. The molecule has 0 unspecified atom stereocenters. The smallest absolute Gasteiger partial charge is 0.309 e. The Balaban J connectivity index is 0.000000716. The van der Waals surface area contributed by atoms with E-state index >= 15 is 0 Å². The van der Waals surface area contributed by atoms with Crippen molar-refractivity contribution in [3.63, 3.8) is 0 Å². The van der Waals surface area contributed by atoms with E-state index in [4.69, 9.17) is 5.11 Å². The average Bonchev–Trinajstić information content (AvgIpc) is 3.13. The van der Waals surface area contributed by atoms with Gasteiger partial charge in [-0.05, 0) is 50.4 Å². The zero-order valence-electron chi connectivity index (χ0n) is 39.4. The Morgan fingerprint density at radius 2 is 0.891 bits per heavy atom. The van der Waals surface area contributed by atoms with Crippen LogP contribution in [0.5, 0.6) is 0 Å². The highest BCUT2D eigenvalue weighted by molar-refractivity contribution is 5.82. The first kappa shape index (κ1) is 53.7. The molecule has 0 aromatic heterocycles. The van der Waals surface area contributed by atoms with Crippen LogP contribution in [-0.2, 0) is 9.59 Å². The molecule has 9 heteroatoms. The summed E-state index contributed by atoms with van der Waals surface area (Å²) in [4.78, 5) is 30.0. The fourth-order valence-corrected chi connectivity index (χ4v) is 7.50. The summed E-state index contributed by atoms with van der Waals surface area (Å²) in [6.07, 6.45) is 14.3. The number of hydrogen-bond donors (Lipinski definition) is 3. The van der Waals surface area contributed by atoms with E-state index in [-0.39, 0.29) is 5.41 Å². The van der Waals surface area contributed by atoms with Crippen LogP contribution in [0.1, 0.15) is 160 Å². The molecule has 3 aliphatic heterocycles. The van der Waals surface area contributed by atoms with Gasteiger partial charge in [0.25, 0.3) is 0 Å². The van der Waals surface area contributed by atoms with E-state index in [0.717, 1.165) is 64.7 Å². The van der Waals surface area contributed by atoms with Crippen molar-refractivity contribution in [1.82, 2.24) is 25.3 Å². The number of carbonyl (C=O) groups is 2. The van der Waals surface area contributed by atoms with Gasteiger partial charge in [-0.2, -0.15) is 0 Å². The minimum absolute atomic E-state index is 0.173. The van der Waals surface area contributed by atoms with E-state index in [2.05, 4.69) is 104 Å². The van der Waals surface area contributed by atoms with Gasteiger partial charge >= 0.3 is 5.97 Å². The van der Waals surface area contributed by atoms with Crippen LogP contribution in [0.2, 0.25) is 0 Å². The lowest BCUT2D eigenvalue weighted by molar-refractivity contribution is -0.894. The Morgan fingerprint density at radius 3 is 1.27 bits per heavy atom. The van der Waals surface area contributed by atoms with Crippen molar-refractivity contribution < 1.29 is 19.2 Å². The molecule has 0 atom stereocenters. The van der Waals surface area contributed by atoms with Gasteiger partial charge in [0.15, 0.2) is 0 Å². The van der Waals surface area contributed by atoms with Gasteiger partial charge in [0.2, 0.25) is 5.91 Å². The summed E-state index contributed by atoms with van der Waals surface area (Å²) < 4.78 is 1.20. The van der Waals surface area contributed by atoms with Gasteiger partial charge in [-0.15, -0.1) is 0 Å². The normalized spacial score (nSPS) is 18.5. The number of aliphatic carboxylic acids is 1. The van der Waals surface area contributed by atoms with E-state index in [9.17, 15) is 9.59 Å². The maximum Gasteiger partial charge on any atom is 0.309 e. The number of amides is 1. The summed E-state index contributed by atoms with van der Waals surface area (Å²) in [7, 11) is 4.69. The van der Waals surface area contributed by atoms with Crippen LogP contribution in [0, 0.1) is 21.7 Å². The van der Waals surface area contributed by atoms with Gasteiger partial charge in [0, 0.05) is 84.0 Å². The third-order valence-electron chi connectivity index (χ3n) is 11.8. The summed E-state index contributed by atoms with van der Waals surface area (Å²) in [6.45, 7) is 42.3. The van der Waals surface area contributed by atoms with E-state index in [1.807, 2.05) is 4.90 Å². The summed E-state index contributed by atoms with van der Waals surface area (Å²) in [5, 5.41) is 15.3. The van der Waals surface area contributed by atoms with Gasteiger partial charge in [-0.3, -0.25) is 14.5 Å². The molecule has 3 heterocycles. The Kier molecular flexibility index (Phi) is 26.8. The number of piperazine rings is 3. The number of quaternary nitrogens is 1.